The molecule has 1 fully saturated rings. The Hall–Kier alpha value is -1.70. The van der Waals surface area contributed by atoms with E-state index in [2.05, 4.69) is 31.2 Å². The van der Waals surface area contributed by atoms with E-state index in [-0.39, 0.29) is 5.56 Å². The fraction of sp³-hybridized carbons (Fsp3) is 0.474. The van der Waals surface area contributed by atoms with E-state index in [9.17, 15) is 9.90 Å². The molecule has 2 aromatic rings. The SMILES string of the molecule is Cn1ncc(NCC2CCN(CC(O)c3ccccc3)CC2)c(Br)c1=O. The Morgan fingerprint density at radius 1 is 1.31 bits per heavy atom. The molecule has 0 bridgehead atoms. The quantitative estimate of drug-likeness (QED) is 0.750. The second kappa shape index (κ2) is 8.79. The van der Waals surface area contributed by atoms with Crippen LogP contribution < -0.4 is 10.9 Å². The second-order valence-electron chi connectivity index (χ2n) is 6.85. The summed E-state index contributed by atoms with van der Waals surface area (Å²) in [6.45, 7) is 3.45. The lowest BCUT2D eigenvalue weighted by Gasteiger charge is -2.33. The first-order chi connectivity index (χ1) is 12.5. The zero-order valence-electron chi connectivity index (χ0n) is 14.9. The van der Waals surface area contributed by atoms with Crippen LogP contribution >= 0.6 is 15.9 Å². The maximum absolute atomic E-state index is 11.9. The van der Waals surface area contributed by atoms with Crippen LogP contribution in [-0.2, 0) is 7.05 Å². The number of halogens is 1. The van der Waals surface area contributed by atoms with Gasteiger partial charge in [-0.1, -0.05) is 30.3 Å². The molecule has 1 aromatic carbocycles. The molecule has 1 aromatic heterocycles. The highest BCUT2D eigenvalue weighted by Gasteiger charge is 2.21. The highest BCUT2D eigenvalue weighted by Crippen LogP contribution is 2.22. The van der Waals surface area contributed by atoms with Crippen LogP contribution in [0, 0.1) is 5.92 Å². The van der Waals surface area contributed by atoms with Crippen molar-refractivity contribution in [2.45, 2.75) is 18.9 Å². The molecule has 1 aliphatic rings. The Labute approximate surface area is 162 Å². The van der Waals surface area contributed by atoms with Crippen molar-refractivity contribution in [1.82, 2.24) is 14.7 Å². The molecule has 0 spiro atoms. The van der Waals surface area contributed by atoms with Gasteiger partial charge in [-0.15, -0.1) is 0 Å². The Balaban J connectivity index is 1.46. The van der Waals surface area contributed by atoms with Crippen LogP contribution in [0.3, 0.4) is 0 Å². The molecular formula is C19H25BrN4O2. The lowest BCUT2D eigenvalue weighted by Crippen LogP contribution is -2.38. The normalized spacial score (nSPS) is 17.2. The Morgan fingerprint density at radius 3 is 2.69 bits per heavy atom. The number of anilines is 1. The molecule has 26 heavy (non-hydrogen) atoms. The predicted molar refractivity (Wildman–Crippen MR) is 106 cm³/mol. The number of hydrogen-bond acceptors (Lipinski definition) is 5. The largest absolute Gasteiger partial charge is 0.387 e. The highest BCUT2D eigenvalue weighted by atomic mass is 79.9. The number of piperidine rings is 1. The summed E-state index contributed by atoms with van der Waals surface area (Å²) in [5, 5.41) is 17.8. The number of rotatable bonds is 6. The highest BCUT2D eigenvalue weighted by molar-refractivity contribution is 9.10. The van der Waals surface area contributed by atoms with E-state index >= 15 is 0 Å². The molecule has 1 aliphatic heterocycles. The average Bonchev–Trinajstić information content (AvgIpc) is 2.67. The van der Waals surface area contributed by atoms with Crippen LogP contribution in [0.25, 0.3) is 0 Å². The van der Waals surface area contributed by atoms with E-state index < -0.39 is 6.10 Å². The summed E-state index contributed by atoms with van der Waals surface area (Å²) in [4.78, 5) is 14.2. The number of aliphatic hydroxyl groups is 1. The van der Waals surface area contributed by atoms with Crippen molar-refractivity contribution in [2.24, 2.45) is 13.0 Å². The molecule has 6 nitrogen and oxygen atoms in total. The summed E-state index contributed by atoms with van der Waals surface area (Å²) >= 11 is 3.34. The fourth-order valence-corrected chi connectivity index (χ4v) is 3.79. The molecule has 140 valence electrons. The van der Waals surface area contributed by atoms with Gasteiger partial charge in [0.25, 0.3) is 5.56 Å². The number of aryl methyl sites for hydroxylation is 1. The molecule has 0 radical (unpaired) electrons. The average molecular weight is 421 g/mol. The van der Waals surface area contributed by atoms with Gasteiger partial charge in [0.2, 0.25) is 0 Å². The van der Waals surface area contributed by atoms with Crippen LogP contribution in [0.4, 0.5) is 5.69 Å². The number of β-amino-alcohol motifs (C(OH)–C–C–N with tert-alkyl or cyclic N) is 1. The molecule has 2 heterocycles. The van der Waals surface area contributed by atoms with Gasteiger partial charge < -0.3 is 15.3 Å². The van der Waals surface area contributed by atoms with Gasteiger partial charge in [-0.2, -0.15) is 5.10 Å². The summed E-state index contributed by atoms with van der Waals surface area (Å²) in [6, 6.07) is 9.82. The summed E-state index contributed by atoms with van der Waals surface area (Å²) in [7, 11) is 1.64. The maximum Gasteiger partial charge on any atom is 0.282 e. The van der Waals surface area contributed by atoms with Crippen molar-refractivity contribution in [2.75, 3.05) is 31.5 Å². The minimum absolute atomic E-state index is 0.139. The van der Waals surface area contributed by atoms with Gasteiger partial charge in [0.15, 0.2) is 0 Å². The smallest absolute Gasteiger partial charge is 0.282 e. The minimum Gasteiger partial charge on any atom is -0.387 e. The first kappa shape index (κ1) is 19.1. The summed E-state index contributed by atoms with van der Waals surface area (Å²) in [5.74, 6) is 0.552. The Bertz CT molecular complexity index is 773. The number of nitrogens with zero attached hydrogens (tertiary/aromatic N) is 3. The van der Waals surface area contributed by atoms with Gasteiger partial charge in [0.1, 0.15) is 4.47 Å². The first-order valence-corrected chi connectivity index (χ1v) is 9.75. The van der Waals surface area contributed by atoms with E-state index in [0.29, 0.717) is 16.9 Å². The first-order valence-electron chi connectivity index (χ1n) is 8.95. The number of benzene rings is 1. The van der Waals surface area contributed by atoms with Gasteiger partial charge in [-0.25, -0.2) is 4.68 Å². The molecule has 2 N–H and O–H groups in total. The van der Waals surface area contributed by atoms with Gasteiger partial charge in [-0.05, 0) is 53.3 Å². The van der Waals surface area contributed by atoms with Crippen molar-refractivity contribution in [3.8, 4) is 0 Å². The molecule has 0 aliphatic carbocycles. The summed E-state index contributed by atoms with van der Waals surface area (Å²) < 4.78 is 1.84. The topological polar surface area (TPSA) is 70.4 Å². The van der Waals surface area contributed by atoms with E-state index in [4.69, 9.17) is 0 Å². The van der Waals surface area contributed by atoms with Crippen molar-refractivity contribution in [3.63, 3.8) is 0 Å². The zero-order valence-corrected chi connectivity index (χ0v) is 16.5. The standard InChI is InChI=1S/C19H25BrN4O2/c1-23-19(26)18(20)16(12-22-23)21-11-14-7-9-24(10-8-14)13-17(25)15-5-3-2-4-6-15/h2-6,12,14,17,21,25H,7-11,13H2,1H3. The predicted octanol–water partition coefficient (Wildman–Crippen LogP) is 2.40. The molecular weight excluding hydrogens is 396 g/mol. The summed E-state index contributed by atoms with van der Waals surface area (Å²) in [5.41, 5.74) is 1.58. The minimum atomic E-state index is -0.437. The molecule has 7 heteroatoms. The van der Waals surface area contributed by atoms with Crippen LogP contribution in [0.2, 0.25) is 0 Å². The molecule has 1 atom stereocenters. The van der Waals surface area contributed by atoms with Gasteiger partial charge in [0.05, 0.1) is 18.0 Å². The van der Waals surface area contributed by atoms with E-state index in [1.165, 1.54) is 4.68 Å². The Kier molecular flexibility index (Phi) is 6.45. The molecule has 0 amide bonds. The molecule has 1 unspecified atom stereocenters. The fourth-order valence-electron chi connectivity index (χ4n) is 3.29. The third-order valence-corrected chi connectivity index (χ3v) is 5.75. The van der Waals surface area contributed by atoms with Crippen LogP contribution in [0.1, 0.15) is 24.5 Å². The Morgan fingerprint density at radius 2 is 2.00 bits per heavy atom. The molecule has 0 saturated carbocycles. The van der Waals surface area contributed by atoms with Crippen LogP contribution in [0.15, 0.2) is 45.8 Å². The lowest BCUT2D eigenvalue weighted by atomic mass is 9.96. The van der Waals surface area contributed by atoms with Crippen molar-refractivity contribution < 1.29 is 5.11 Å². The molecule has 1 saturated heterocycles. The van der Waals surface area contributed by atoms with Crippen LogP contribution in [-0.4, -0.2) is 46.0 Å². The van der Waals surface area contributed by atoms with Gasteiger partial charge in [-0.3, -0.25) is 4.79 Å². The van der Waals surface area contributed by atoms with Crippen molar-refractivity contribution in [3.05, 3.63) is 56.9 Å². The van der Waals surface area contributed by atoms with Gasteiger partial charge >= 0.3 is 0 Å². The zero-order chi connectivity index (χ0) is 18.5. The number of nitrogens with one attached hydrogen (secondary N) is 1. The number of likely N-dealkylation sites (tertiary alicyclic amines) is 1. The van der Waals surface area contributed by atoms with E-state index in [0.717, 1.165) is 43.7 Å². The number of hydrogen-bond donors (Lipinski definition) is 2. The second-order valence-corrected chi connectivity index (χ2v) is 7.65. The number of aromatic nitrogens is 2. The van der Waals surface area contributed by atoms with E-state index in [1.807, 2.05) is 30.3 Å². The van der Waals surface area contributed by atoms with Crippen LogP contribution in [0.5, 0.6) is 0 Å². The maximum atomic E-state index is 11.9. The van der Waals surface area contributed by atoms with Crippen molar-refractivity contribution >= 4 is 21.6 Å². The third kappa shape index (κ3) is 4.72. The number of aliphatic hydroxyl groups excluding tert-OH is 1. The lowest BCUT2D eigenvalue weighted by molar-refractivity contribution is 0.0909. The van der Waals surface area contributed by atoms with E-state index in [1.54, 1.807) is 13.2 Å². The monoisotopic (exact) mass is 420 g/mol. The third-order valence-electron chi connectivity index (χ3n) is 4.98. The molecule has 3 rings (SSSR count). The van der Waals surface area contributed by atoms with Crippen molar-refractivity contribution in [1.29, 1.82) is 0 Å². The van der Waals surface area contributed by atoms with Gasteiger partial charge in [0, 0.05) is 20.1 Å². The summed E-state index contributed by atoms with van der Waals surface area (Å²) in [6.07, 6.45) is 3.39.